The minimum absolute atomic E-state index is 0.138. The zero-order chi connectivity index (χ0) is 21.3. The molecule has 0 saturated carbocycles. The van der Waals surface area contributed by atoms with E-state index in [1.165, 1.54) is 28.0 Å². The monoisotopic (exact) mass is 408 g/mol. The first-order valence-corrected chi connectivity index (χ1v) is 10.6. The first-order valence-electron chi connectivity index (χ1n) is 9.78. The molecule has 0 saturated heterocycles. The molecule has 0 spiro atoms. The third-order valence-electron chi connectivity index (χ3n) is 5.10. The molecule has 0 amide bonds. The van der Waals surface area contributed by atoms with Crippen LogP contribution in [0.1, 0.15) is 65.0 Å². The summed E-state index contributed by atoms with van der Waals surface area (Å²) < 4.78 is 6.13. The average molecular weight is 409 g/mol. The molecule has 3 aromatic rings. The summed E-state index contributed by atoms with van der Waals surface area (Å²) in [4.78, 5) is 12.3. The van der Waals surface area contributed by atoms with Crippen molar-refractivity contribution in [1.29, 1.82) is 0 Å². The van der Waals surface area contributed by atoms with Crippen LogP contribution in [0.3, 0.4) is 0 Å². The van der Waals surface area contributed by atoms with Crippen molar-refractivity contribution in [2.45, 2.75) is 53.1 Å². The van der Waals surface area contributed by atoms with Crippen LogP contribution in [0.25, 0.3) is 11.1 Å². The third-order valence-corrected chi connectivity index (χ3v) is 6.33. The zero-order valence-electron chi connectivity index (χ0n) is 17.9. The van der Waals surface area contributed by atoms with Crippen LogP contribution in [-0.4, -0.2) is 11.1 Å². The standard InChI is InChI=1S/C25H28O3S/c1-15-13-20(28-17(3)21-11-12-22(29-21)24(26)27)14-16(2)23(15)18-7-9-19(10-8-18)25(4,5)6/h7-14,17H,1-6H3,(H,26,27)/t17-/m1/s1. The van der Waals surface area contributed by atoms with Crippen molar-refractivity contribution in [2.24, 2.45) is 0 Å². The lowest BCUT2D eigenvalue weighted by Crippen LogP contribution is -2.10. The van der Waals surface area contributed by atoms with Crippen LogP contribution in [0.5, 0.6) is 5.75 Å². The quantitative estimate of drug-likeness (QED) is 0.487. The number of thiophene rings is 1. The van der Waals surface area contributed by atoms with Crippen LogP contribution < -0.4 is 4.74 Å². The van der Waals surface area contributed by atoms with E-state index < -0.39 is 5.97 Å². The van der Waals surface area contributed by atoms with Gasteiger partial charge in [0.1, 0.15) is 16.7 Å². The summed E-state index contributed by atoms with van der Waals surface area (Å²) in [6.07, 6.45) is -0.205. The first-order chi connectivity index (χ1) is 13.6. The molecule has 0 aliphatic heterocycles. The molecular formula is C25H28O3S. The Morgan fingerprint density at radius 3 is 2.07 bits per heavy atom. The molecule has 1 heterocycles. The van der Waals surface area contributed by atoms with Gasteiger partial charge in [-0.15, -0.1) is 11.3 Å². The number of carbonyl (C=O) groups is 1. The summed E-state index contributed by atoms with van der Waals surface area (Å²) in [6, 6.07) is 16.4. The van der Waals surface area contributed by atoms with E-state index in [0.29, 0.717) is 4.88 Å². The van der Waals surface area contributed by atoms with E-state index in [1.54, 1.807) is 6.07 Å². The van der Waals surface area contributed by atoms with Crippen LogP contribution in [0.15, 0.2) is 48.5 Å². The predicted octanol–water partition coefficient (Wildman–Crippen LogP) is 7.17. The van der Waals surface area contributed by atoms with Gasteiger partial charge in [0.2, 0.25) is 0 Å². The van der Waals surface area contributed by atoms with Crippen molar-refractivity contribution in [2.75, 3.05) is 0 Å². The Kier molecular flexibility index (Phi) is 5.85. The topological polar surface area (TPSA) is 46.5 Å². The minimum atomic E-state index is -0.901. The van der Waals surface area contributed by atoms with Crippen LogP contribution in [0.2, 0.25) is 0 Å². The Balaban J connectivity index is 1.84. The summed E-state index contributed by atoms with van der Waals surface area (Å²) in [5.41, 5.74) is 6.22. The fourth-order valence-electron chi connectivity index (χ4n) is 3.53. The Morgan fingerprint density at radius 1 is 1.00 bits per heavy atom. The van der Waals surface area contributed by atoms with Crippen LogP contribution in [-0.2, 0) is 5.41 Å². The second-order valence-corrected chi connectivity index (χ2v) is 9.64. The minimum Gasteiger partial charge on any atom is -0.485 e. The lowest BCUT2D eigenvalue weighted by molar-refractivity contribution is 0.0702. The van der Waals surface area contributed by atoms with Gasteiger partial charge in [0.05, 0.1) is 0 Å². The van der Waals surface area contributed by atoms with Crippen molar-refractivity contribution in [3.05, 3.63) is 75.0 Å². The summed E-state index contributed by atoms with van der Waals surface area (Å²) in [5, 5.41) is 9.11. The van der Waals surface area contributed by atoms with Gasteiger partial charge in [-0.2, -0.15) is 0 Å². The summed E-state index contributed by atoms with van der Waals surface area (Å²) in [5.74, 6) is -0.102. The highest BCUT2D eigenvalue weighted by molar-refractivity contribution is 7.14. The third kappa shape index (κ3) is 4.70. The molecule has 0 aliphatic rings. The van der Waals surface area contributed by atoms with Gasteiger partial charge in [0.25, 0.3) is 0 Å². The highest BCUT2D eigenvalue weighted by Gasteiger charge is 2.17. The number of ether oxygens (including phenoxy) is 1. The highest BCUT2D eigenvalue weighted by Crippen LogP contribution is 2.35. The van der Waals surface area contributed by atoms with Crippen LogP contribution >= 0.6 is 11.3 Å². The van der Waals surface area contributed by atoms with Gasteiger partial charge < -0.3 is 9.84 Å². The molecule has 1 atom stereocenters. The number of carboxylic acid groups (broad SMARTS) is 1. The molecule has 0 aliphatic carbocycles. The molecule has 2 aromatic carbocycles. The second-order valence-electron chi connectivity index (χ2n) is 8.53. The highest BCUT2D eigenvalue weighted by atomic mass is 32.1. The summed E-state index contributed by atoms with van der Waals surface area (Å²) in [7, 11) is 0. The number of hydrogen-bond donors (Lipinski definition) is 1. The van der Waals surface area contributed by atoms with E-state index in [9.17, 15) is 4.79 Å². The van der Waals surface area contributed by atoms with E-state index >= 15 is 0 Å². The molecule has 152 valence electrons. The van der Waals surface area contributed by atoms with Gasteiger partial charge in [0, 0.05) is 4.88 Å². The van der Waals surface area contributed by atoms with Crippen LogP contribution in [0, 0.1) is 13.8 Å². The van der Waals surface area contributed by atoms with Gasteiger partial charge in [-0.05, 0) is 78.3 Å². The van der Waals surface area contributed by atoms with Gasteiger partial charge in [-0.25, -0.2) is 4.79 Å². The average Bonchev–Trinajstić information content (AvgIpc) is 3.11. The van der Waals surface area contributed by atoms with E-state index in [1.807, 2.05) is 13.0 Å². The molecular weight excluding hydrogens is 380 g/mol. The fourth-order valence-corrected chi connectivity index (χ4v) is 4.36. The van der Waals surface area contributed by atoms with Crippen molar-refractivity contribution in [3.8, 4) is 16.9 Å². The largest absolute Gasteiger partial charge is 0.485 e. The van der Waals surface area contributed by atoms with E-state index in [4.69, 9.17) is 9.84 Å². The first kappa shape index (κ1) is 21.1. The Hall–Kier alpha value is -2.59. The van der Waals surface area contributed by atoms with Gasteiger partial charge in [-0.3, -0.25) is 0 Å². The van der Waals surface area contributed by atoms with Gasteiger partial charge >= 0.3 is 5.97 Å². The van der Waals surface area contributed by atoms with E-state index in [0.717, 1.165) is 21.8 Å². The maximum atomic E-state index is 11.1. The Morgan fingerprint density at radius 2 is 1.59 bits per heavy atom. The summed E-state index contributed by atoms with van der Waals surface area (Å²) in [6.45, 7) is 12.8. The maximum Gasteiger partial charge on any atom is 0.345 e. The van der Waals surface area contributed by atoms with E-state index in [2.05, 4.69) is 71.0 Å². The van der Waals surface area contributed by atoms with E-state index in [-0.39, 0.29) is 11.5 Å². The number of benzene rings is 2. The van der Waals surface area contributed by atoms with Crippen molar-refractivity contribution in [3.63, 3.8) is 0 Å². The molecule has 3 nitrogen and oxygen atoms in total. The second kappa shape index (κ2) is 8.03. The number of carboxylic acids is 1. The van der Waals surface area contributed by atoms with Crippen LogP contribution in [0.4, 0.5) is 0 Å². The molecule has 29 heavy (non-hydrogen) atoms. The molecule has 0 unspecified atom stereocenters. The molecule has 4 heteroatoms. The molecule has 1 N–H and O–H groups in total. The van der Waals surface area contributed by atoms with Crippen molar-refractivity contribution >= 4 is 17.3 Å². The number of hydrogen-bond acceptors (Lipinski definition) is 3. The fraction of sp³-hybridized carbons (Fsp3) is 0.320. The zero-order valence-corrected chi connectivity index (χ0v) is 18.7. The lowest BCUT2D eigenvalue weighted by atomic mass is 9.85. The van der Waals surface area contributed by atoms with Gasteiger partial charge in [-0.1, -0.05) is 45.0 Å². The van der Waals surface area contributed by atoms with Crippen molar-refractivity contribution in [1.82, 2.24) is 0 Å². The number of aryl methyl sites for hydroxylation is 2. The SMILES string of the molecule is Cc1cc(O[C@H](C)c2ccc(C(=O)O)s2)cc(C)c1-c1ccc(C(C)(C)C)cc1. The molecule has 3 rings (SSSR count). The maximum absolute atomic E-state index is 11.1. The molecule has 0 radical (unpaired) electrons. The number of aromatic carboxylic acids is 1. The number of rotatable bonds is 5. The Labute approximate surface area is 177 Å². The van der Waals surface area contributed by atoms with Gasteiger partial charge in [0.15, 0.2) is 0 Å². The van der Waals surface area contributed by atoms with Crippen molar-refractivity contribution < 1.29 is 14.6 Å². The molecule has 0 fully saturated rings. The molecule has 0 bridgehead atoms. The summed E-state index contributed by atoms with van der Waals surface area (Å²) >= 11 is 1.26. The normalized spacial score (nSPS) is 12.6. The Bertz CT molecular complexity index is 1000. The predicted molar refractivity (Wildman–Crippen MR) is 120 cm³/mol. The smallest absolute Gasteiger partial charge is 0.345 e. The lowest BCUT2D eigenvalue weighted by Gasteiger charge is -2.20. The molecule has 1 aromatic heterocycles.